The summed E-state index contributed by atoms with van der Waals surface area (Å²) in [4.78, 5) is 40.0. The number of aromatic nitrogens is 1. The number of nitrogens with two attached hydrogens (primary N) is 1. The molecule has 5 rings (SSSR count). The Balaban J connectivity index is 1.42. The molecule has 3 aromatic carbocycles. The van der Waals surface area contributed by atoms with Crippen molar-refractivity contribution in [2.75, 3.05) is 10.2 Å². The van der Waals surface area contributed by atoms with E-state index in [1.54, 1.807) is 42.5 Å². The minimum atomic E-state index is -0.867. The maximum Gasteiger partial charge on any atom is 0.327 e. The number of nitrogens with one attached hydrogen (secondary N) is 2. The monoisotopic (exact) mass is 505 g/mol. The minimum absolute atomic E-state index is 0.0360. The van der Waals surface area contributed by atoms with Crippen molar-refractivity contribution < 1.29 is 18.8 Å². The molecule has 8 nitrogen and oxygen atoms in total. The Labute approximate surface area is 210 Å². The standard InChI is InChI=1S/C26H21ClFN5O3/c27-18-9-5-7-16(23(18)28)13-30-24(34)22-12-15-6-1-3-10-20(15)33(22)26(36)31-19-14-32(25(29)35)21-11-4-2-8-17(19)21/h1-11,14,22H,12-13H2,(H2,29,35)(H,30,34)(H,31,36)/t22-/m0/s1. The minimum Gasteiger partial charge on any atom is -0.351 e. The number of primary amides is 1. The number of carbonyl (C=O) groups is 3. The van der Waals surface area contributed by atoms with Crippen LogP contribution in [0.2, 0.25) is 5.02 Å². The normalized spacial score (nSPS) is 14.5. The van der Waals surface area contributed by atoms with Crippen LogP contribution in [0.1, 0.15) is 11.1 Å². The van der Waals surface area contributed by atoms with Crippen molar-refractivity contribution >= 4 is 51.8 Å². The molecule has 0 saturated heterocycles. The Morgan fingerprint density at radius 1 is 1.03 bits per heavy atom. The lowest BCUT2D eigenvalue weighted by Gasteiger charge is -2.25. The number of hydrogen-bond acceptors (Lipinski definition) is 3. The van der Waals surface area contributed by atoms with Gasteiger partial charge in [-0.25, -0.2) is 14.0 Å². The van der Waals surface area contributed by atoms with E-state index in [0.717, 1.165) is 5.56 Å². The third-order valence-corrected chi connectivity index (χ3v) is 6.47. The van der Waals surface area contributed by atoms with Gasteiger partial charge in [-0.05, 0) is 23.8 Å². The maximum absolute atomic E-state index is 14.3. The Morgan fingerprint density at radius 2 is 1.78 bits per heavy atom. The summed E-state index contributed by atoms with van der Waals surface area (Å²) in [5.74, 6) is -1.05. The van der Waals surface area contributed by atoms with E-state index in [0.29, 0.717) is 22.3 Å². The maximum atomic E-state index is 14.3. The third-order valence-electron chi connectivity index (χ3n) is 6.17. The summed E-state index contributed by atoms with van der Waals surface area (Å²) in [6.07, 6.45) is 1.74. The van der Waals surface area contributed by atoms with Gasteiger partial charge in [-0.1, -0.05) is 60.1 Å². The smallest absolute Gasteiger partial charge is 0.327 e. The Kier molecular flexibility index (Phi) is 6.07. The van der Waals surface area contributed by atoms with E-state index >= 15 is 0 Å². The summed E-state index contributed by atoms with van der Waals surface area (Å²) < 4.78 is 15.5. The summed E-state index contributed by atoms with van der Waals surface area (Å²) in [5.41, 5.74) is 8.05. The molecule has 4 amide bonds. The molecule has 0 bridgehead atoms. The van der Waals surface area contributed by atoms with Crippen LogP contribution in [0.3, 0.4) is 0 Å². The second-order valence-corrected chi connectivity index (χ2v) is 8.75. The molecule has 0 unspecified atom stereocenters. The number of fused-ring (bicyclic) bond motifs is 2. The number of urea groups is 1. The summed E-state index contributed by atoms with van der Waals surface area (Å²) in [6.45, 7) is -0.0837. The van der Waals surface area contributed by atoms with Crippen molar-refractivity contribution in [3.63, 3.8) is 0 Å². The number of nitrogens with zero attached hydrogens (tertiary/aromatic N) is 2. The summed E-state index contributed by atoms with van der Waals surface area (Å²) in [7, 11) is 0. The molecule has 2 heterocycles. The van der Waals surface area contributed by atoms with Crippen LogP contribution in [0.15, 0.2) is 72.9 Å². The third kappa shape index (κ3) is 4.14. The van der Waals surface area contributed by atoms with Crippen molar-refractivity contribution in [3.8, 4) is 0 Å². The molecule has 10 heteroatoms. The zero-order valence-electron chi connectivity index (χ0n) is 18.9. The number of carbonyl (C=O) groups excluding carboxylic acids is 3. The highest BCUT2D eigenvalue weighted by atomic mass is 35.5. The first-order valence-electron chi connectivity index (χ1n) is 11.1. The molecular formula is C26H21ClFN5O3. The van der Waals surface area contributed by atoms with Crippen LogP contribution in [0.25, 0.3) is 10.9 Å². The van der Waals surface area contributed by atoms with E-state index in [2.05, 4.69) is 10.6 Å². The van der Waals surface area contributed by atoms with E-state index in [4.69, 9.17) is 17.3 Å². The molecule has 1 atom stereocenters. The fourth-order valence-corrected chi connectivity index (χ4v) is 4.66. The lowest BCUT2D eigenvalue weighted by Crippen LogP contribution is -2.49. The fourth-order valence-electron chi connectivity index (χ4n) is 4.47. The topological polar surface area (TPSA) is 109 Å². The molecule has 0 radical (unpaired) electrons. The number of benzene rings is 3. The van der Waals surface area contributed by atoms with Crippen molar-refractivity contribution in [2.45, 2.75) is 19.0 Å². The van der Waals surface area contributed by atoms with Gasteiger partial charge in [0.05, 0.1) is 16.2 Å². The van der Waals surface area contributed by atoms with Crippen molar-refractivity contribution in [1.29, 1.82) is 0 Å². The molecule has 4 N–H and O–H groups in total. The quantitative estimate of drug-likeness (QED) is 0.376. The van der Waals surface area contributed by atoms with Crippen LogP contribution >= 0.6 is 11.6 Å². The number of anilines is 2. The number of rotatable bonds is 4. The molecule has 0 saturated carbocycles. The fraction of sp³-hybridized carbons (Fsp3) is 0.115. The second kappa shape index (κ2) is 9.35. The van der Waals surface area contributed by atoms with Crippen molar-refractivity contribution in [2.24, 2.45) is 5.73 Å². The highest BCUT2D eigenvalue weighted by Crippen LogP contribution is 2.34. The van der Waals surface area contributed by atoms with Crippen LogP contribution in [-0.4, -0.2) is 28.6 Å². The van der Waals surface area contributed by atoms with Crippen molar-refractivity contribution in [1.82, 2.24) is 9.88 Å². The van der Waals surface area contributed by atoms with Crippen LogP contribution in [0.4, 0.5) is 25.4 Å². The Bertz CT molecular complexity index is 1520. The number of hydrogen-bond donors (Lipinski definition) is 3. The van der Waals surface area contributed by atoms with E-state index in [1.165, 1.54) is 27.8 Å². The molecule has 1 aliphatic rings. The van der Waals surface area contributed by atoms with E-state index in [1.807, 2.05) is 12.1 Å². The lowest BCUT2D eigenvalue weighted by molar-refractivity contribution is -0.122. The van der Waals surface area contributed by atoms with Crippen LogP contribution in [0, 0.1) is 5.82 Å². The number of amides is 4. The van der Waals surface area contributed by atoms with Gasteiger partial charge in [0.1, 0.15) is 11.9 Å². The molecule has 36 heavy (non-hydrogen) atoms. The predicted octanol–water partition coefficient (Wildman–Crippen LogP) is 4.64. The largest absolute Gasteiger partial charge is 0.351 e. The number of halogens is 2. The molecule has 0 fully saturated rings. The molecule has 182 valence electrons. The second-order valence-electron chi connectivity index (χ2n) is 8.35. The van der Waals surface area contributed by atoms with Crippen LogP contribution in [-0.2, 0) is 17.8 Å². The van der Waals surface area contributed by atoms with E-state index in [-0.39, 0.29) is 23.6 Å². The van der Waals surface area contributed by atoms with Gasteiger partial charge in [-0.15, -0.1) is 0 Å². The molecule has 4 aromatic rings. The van der Waals surface area contributed by atoms with Gasteiger partial charge in [0, 0.05) is 35.8 Å². The van der Waals surface area contributed by atoms with Gasteiger partial charge in [0.2, 0.25) is 5.91 Å². The summed E-state index contributed by atoms with van der Waals surface area (Å²) in [6, 6.07) is 16.7. The van der Waals surface area contributed by atoms with Gasteiger partial charge < -0.3 is 16.4 Å². The Morgan fingerprint density at radius 3 is 2.58 bits per heavy atom. The van der Waals surface area contributed by atoms with Gasteiger partial charge in [-0.2, -0.15) is 0 Å². The SMILES string of the molecule is NC(=O)n1cc(NC(=O)N2c3ccccc3C[C@H]2C(=O)NCc2cccc(Cl)c2F)c2ccccc21. The van der Waals surface area contributed by atoms with Gasteiger partial charge in [0.25, 0.3) is 0 Å². The van der Waals surface area contributed by atoms with Gasteiger partial charge >= 0.3 is 12.1 Å². The van der Waals surface area contributed by atoms with Crippen LogP contribution in [0.5, 0.6) is 0 Å². The molecular weight excluding hydrogens is 485 g/mol. The molecule has 0 aliphatic carbocycles. The first-order chi connectivity index (χ1) is 17.3. The number of para-hydroxylation sites is 2. The molecule has 0 spiro atoms. The summed E-state index contributed by atoms with van der Waals surface area (Å²) in [5, 5.41) is 6.12. The highest BCUT2D eigenvalue weighted by molar-refractivity contribution is 6.30. The molecule has 1 aliphatic heterocycles. The first-order valence-corrected chi connectivity index (χ1v) is 11.5. The first kappa shape index (κ1) is 23.4. The lowest BCUT2D eigenvalue weighted by atomic mass is 10.1. The average molecular weight is 506 g/mol. The van der Waals surface area contributed by atoms with Gasteiger partial charge in [0.15, 0.2) is 0 Å². The highest BCUT2D eigenvalue weighted by Gasteiger charge is 2.38. The van der Waals surface area contributed by atoms with Gasteiger partial charge in [-0.3, -0.25) is 14.3 Å². The average Bonchev–Trinajstić information content (AvgIpc) is 3.44. The van der Waals surface area contributed by atoms with Crippen molar-refractivity contribution in [3.05, 3.63) is 94.9 Å². The predicted molar refractivity (Wildman–Crippen MR) is 136 cm³/mol. The van der Waals surface area contributed by atoms with E-state index < -0.39 is 29.8 Å². The molecule has 1 aromatic heterocycles. The summed E-state index contributed by atoms with van der Waals surface area (Å²) >= 11 is 5.84. The zero-order chi connectivity index (χ0) is 25.4. The zero-order valence-corrected chi connectivity index (χ0v) is 19.6. The Hall–Kier alpha value is -4.37. The van der Waals surface area contributed by atoms with E-state index in [9.17, 15) is 18.8 Å². The van der Waals surface area contributed by atoms with Crippen LogP contribution < -0.4 is 21.3 Å².